The van der Waals surface area contributed by atoms with Crippen LogP contribution >= 0.6 is 23.4 Å². The van der Waals surface area contributed by atoms with Gasteiger partial charge in [-0.05, 0) is 29.3 Å². The fourth-order valence-electron chi connectivity index (χ4n) is 1.86. The summed E-state index contributed by atoms with van der Waals surface area (Å²) >= 11 is 7.58. The molecule has 4 heteroatoms. The quantitative estimate of drug-likeness (QED) is 0.727. The van der Waals surface area contributed by atoms with E-state index in [0.717, 1.165) is 16.1 Å². The molecule has 1 nitrogen and oxygen atoms in total. The van der Waals surface area contributed by atoms with Crippen molar-refractivity contribution in [1.29, 1.82) is 0 Å². The molecule has 0 atom stereocenters. The molecule has 21 heavy (non-hydrogen) atoms. The van der Waals surface area contributed by atoms with E-state index in [-0.39, 0.29) is 5.82 Å². The van der Waals surface area contributed by atoms with E-state index in [1.54, 1.807) is 6.07 Å². The molecule has 0 aliphatic carbocycles. The van der Waals surface area contributed by atoms with E-state index in [1.807, 2.05) is 36.4 Å². The third-order valence-electron chi connectivity index (χ3n) is 3.05. The summed E-state index contributed by atoms with van der Waals surface area (Å²) in [5.41, 5.74) is 1.98. The predicted octanol–water partition coefficient (Wildman–Crippen LogP) is 5.27. The highest BCUT2D eigenvalue weighted by atomic mass is 35.5. The molecule has 0 aromatic heterocycles. The van der Waals surface area contributed by atoms with Crippen molar-refractivity contribution in [3.8, 4) is 0 Å². The smallest absolute Gasteiger partial charge is 0.137 e. The Labute approximate surface area is 134 Å². The highest BCUT2D eigenvalue weighted by molar-refractivity contribution is 7.98. The lowest BCUT2D eigenvalue weighted by Crippen LogP contribution is -2.21. The van der Waals surface area contributed by atoms with Gasteiger partial charge in [-0.1, -0.05) is 49.7 Å². The van der Waals surface area contributed by atoms with E-state index in [9.17, 15) is 4.39 Å². The molecule has 0 saturated heterocycles. The third kappa shape index (κ3) is 5.03. The first kappa shape index (κ1) is 16.3. The van der Waals surface area contributed by atoms with Crippen LogP contribution in [0.5, 0.6) is 0 Å². The van der Waals surface area contributed by atoms with Crippen molar-refractivity contribution in [2.24, 2.45) is 0 Å². The first-order valence-electron chi connectivity index (χ1n) is 6.94. The van der Waals surface area contributed by atoms with E-state index in [1.165, 1.54) is 11.8 Å². The highest BCUT2D eigenvalue weighted by Gasteiger charge is 2.07. The lowest BCUT2D eigenvalue weighted by Gasteiger charge is -2.10. The van der Waals surface area contributed by atoms with Crippen molar-refractivity contribution < 1.29 is 4.39 Å². The van der Waals surface area contributed by atoms with Gasteiger partial charge in [-0.15, -0.1) is 11.8 Å². The van der Waals surface area contributed by atoms with Gasteiger partial charge in [-0.25, -0.2) is 4.39 Å². The summed E-state index contributed by atoms with van der Waals surface area (Å²) in [6.45, 7) is 4.83. The third-order valence-corrected chi connectivity index (χ3v) is 4.52. The minimum Gasteiger partial charge on any atom is -0.310 e. The maximum Gasteiger partial charge on any atom is 0.137 e. The van der Waals surface area contributed by atoms with E-state index in [4.69, 9.17) is 11.6 Å². The topological polar surface area (TPSA) is 12.0 Å². The molecule has 2 aromatic rings. The average Bonchev–Trinajstić information content (AvgIpc) is 2.45. The molecule has 0 saturated carbocycles. The second kappa shape index (κ2) is 7.83. The van der Waals surface area contributed by atoms with Gasteiger partial charge >= 0.3 is 0 Å². The molecule has 0 aliphatic rings. The molecule has 0 spiro atoms. The van der Waals surface area contributed by atoms with Gasteiger partial charge in [0.2, 0.25) is 0 Å². The summed E-state index contributed by atoms with van der Waals surface area (Å²) in [5.74, 6) is 0.496. The van der Waals surface area contributed by atoms with Gasteiger partial charge in [0.1, 0.15) is 5.82 Å². The summed E-state index contributed by atoms with van der Waals surface area (Å²) in [5, 5.41) is 4.01. The normalized spacial score (nSPS) is 11.1. The predicted molar refractivity (Wildman–Crippen MR) is 89.4 cm³/mol. The Bertz CT molecular complexity index is 601. The second-order valence-corrected chi connectivity index (χ2v) is 6.60. The Morgan fingerprint density at radius 1 is 1.19 bits per heavy atom. The molecule has 112 valence electrons. The Morgan fingerprint density at radius 2 is 1.95 bits per heavy atom. The van der Waals surface area contributed by atoms with Crippen LogP contribution in [0.1, 0.15) is 25.0 Å². The monoisotopic (exact) mass is 323 g/mol. The van der Waals surface area contributed by atoms with Crippen molar-refractivity contribution in [3.05, 3.63) is 64.4 Å². The number of halogens is 2. The molecular formula is C17H19ClFNS. The molecule has 0 amide bonds. The highest BCUT2D eigenvalue weighted by Crippen LogP contribution is 2.28. The zero-order chi connectivity index (χ0) is 15.2. The number of thioether (sulfide) groups is 1. The summed E-state index contributed by atoms with van der Waals surface area (Å²) in [6.07, 6.45) is 0. The molecule has 0 radical (unpaired) electrons. The number of benzene rings is 2. The summed E-state index contributed by atoms with van der Waals surface area (Å²) in [4.78, 5) is 0.656. The minimum atomic E-state index is -0.171. The second-order valence-electron chi connectivity index (χ2n) is 5.18. The minimum absolute atomic E-state index is 0.171. The Kier molecular flexibility index (Phi) is 6.09. The van der Waals surface area contributed by atoms with Gasteiger partial charge in [-0.3, -0.25) is 0 Å². The van der Waals surface area contributed by atoms with E-state index >= 15 is 0 Å². The van der Waals surface area contributed by atoms with Crippen LogP contribution in [0.4, 0.5) is 4.39 Å². The Hall–Kier alpha value is -1.03. The van der Waals surface area contributed by atoms with Crippen molar-refractivity contribution in [2.75, 3.05) is 0 Å². The molecule has 2 aromatic carbocycles. The molecule has 0 fully saturated rings. The van der Waals surface area contributed by atoms with Crippen molar-refractivity contribution in [2.45, 2.75) is 37.1 Å². The van der Waals surface area contributed by atoms with Crippen LogP contribution in [0.25, 0.3) is 0 Å². The van der Waals surface area contributed by atoms with Crippen molar-refractivity contribution >= 4 is 23.4 Å². The van der Waals surface area contributed by atoms with Gasteiger partial charge in [0, 0.05) is 28.3 Å². The largest absolute Gasteiger partial charge is 0.310 e. The van der Waals surface area contributed by atoms with E-state index < -0.39 is 0 Å². The van der Waals surface area contributed by atoms with Crippen LogP contribution in [0.2, 0.25) is 5.02 Å². The number of rotatable bonds is 6. The summed E-state index contributed by atoms with van der Waals surface area (Å²) < 4.78 is 14.1. The van der Waals surface area contributed by atoms with Crippen molar-refractivity contribution in [3.63, 3.8) is 0 Å². The lowest BCUT2D eigenvalue weighted by molar-refractivity contribution is 0.574. The van der Waals surface area contributed by atoms with Crippen LogP contribution in [0.15, 0.2) is 47.4 Å². The molecular weight excluding hydrogens is 305 g/mol. The summed E-state index contributed by atoms with van der Waals surface area (Å²) in [6, 6.07) is 13.5. The average molecular weight is 324 g/mol. The molecule has 0 unspecified atom stereocenters. The molecule has 0 bridgehead atoms. The van der Waals surface area contributed by atoms with Crippen LogP contribution in [0, 0.1) is 5.82 Å². The standard InChI is InChI=1S/C17H19ClFNS/c1-12(2)20-10-13-7-8-17(16(19)9-13)21-11-14-5-3-4-6-15(14)18/h3-9,12,20H,10-11H2,1-2H3. The zero-order valence-corrected chi connectivity index (χ0v) is 13.8. The SMILES string of the molecule is CC(C)NCc1ccc(SCc2ccccc2Cl)c(F)c1. The van der Waals surface area contributed by atoms with Crippen LogP contribution in [-0.4, -0.2) is 6.04 Å². The molecule has 1 N–H and O–H groups in total. The number of hydrogen-bond donors (Lipinski definition) is 1. The van der Waals surface area contributed by atoms with Crippen molar-refractivity contribution in [1.82, 2.24) is 5.32 Å². The first-order chi connectivity index (χ1) is 10.1. The van der Waals surface area contributed by atoms with Gasteiger partial charge in [0.15, 0.2) is 0 Å². The summed E-state index contributed by atoms with van der Waals surface area (Å²) in [7, 11) is 0. The zero-order valence-electron chi connectivity index (χ0n) is 12.2. The van der Waals surface area contributed by atoms with E-state index in [0.29, 0.717) is 23.2 Å². The van der Waals surface area contributed by atoms with Gasteiger partial charge < -0.3 is 5.32 Å². The van der Waals surface area contributed by atoms with Gasteiger partial charge in [0.05, 0.1) is 0 Å². The maximum absolute atomic E-state index is 14.1. The van der Waals surface area contributed by atoms with Crippen LogP contribution < -0.4 is 5.32 Å². The Balaban J connectivity index is 1.99. The maximum atomic E-state index is 14.1. The first-order valence-corrected chi connectivity index (χ1v) is 8.30. The lowest BCUT2D eigenvalue weighted by atomic mass is 10.2. The number of hydrogen-bond acceptors (Lipinski definition) is 2. The van der Waals surface area contributed by atoms with Crippen LogP contribution in [-0.2, 0) is 12.3 Å². The Morgan fingerprint density at radius 3 is 2.62 bits per heavy atom. The molecule has 0 heterocycles. The fraction of sp³-hybridized carbons (Fsp3) is 0.294. The van der Waals surface area contributed by atoms with Gasteiger partial charge in [-0.2, -0.15) is 0 Å². The van der Waals surface area contributed by atoms with Gasteiger partial charge in [0.25, 0.3) is 0 Å². The molecule has 0 aliphatic heterocycles. The number of nitrogens with one attached hydrogen (secondary N) is 1. The van der Waals surface area contributed by atoms with E-state index in [2.05, 4.69) is 19.2 Å². The van der Waals surface area contributed by atoms with Crippen LogP contribution in [0.3, 0.4) is 0 Å². The fourth-order valence-corrected chi connectivity index (χ4v) is 3.07. The molecule has 2 rings (SSSR count).